The van der Waals surface area contributed by atoms with Crippen LogP contribution in [0.25, 0.3) is 0 Å². The number of nitriles is 1. The maximum atomic E-state index is 12.8. The van der Waals surface area contributed by atoms with Crippen LogP contribution in [0, 0.1) is 11.3 Å². The van der Waals surface area contributed by atoms with Crippen LogP contribution in [0.15, 0.2) is 6.20 Å². The van der Waals surface area contributed by atoms with Gasteiger partial charge in [0.1, 0.15) is 11.8 Å². The third-order valence-corrected chi connectivity index (χ3v) is 2.61. The van der Waals surface area contributed by atoms with E-state index >= 15 is 0 Å². The molecule has 0 unspecified atom stereocenters. The van der Waals surface area contributed by atoms with Gasteiger partial charge in [0, 0.05) is 12.1 Å². The van der Waals surface area contributed by atoms with Crippen LogP contribution in [0.5, 0.6) is 0 Å². The third-order valence-electron chi connectivity index (χ3n) is 2.34. The Labute approximate surface area is 107 Å². The van der Waals surface area contributed by atoms with Crippen LogP contribution in [0.4, 0.5) is 8.78 Å². The van der Waals surface area contributed by atoms with Crippen molar-refractivity contribution >= 4 is 17.6 Å². The molecule has 0 fully saturated rings. The van der Waals surface area contributed by atoms with Gasteiger partial charge in [-0.15, -0.1) is 11.6 Å². The fourth-order valence-corrected chi connectivity index (χ4v) is 1.76. The number of hydrogen-bond acceptors (Lipinski definition) is 4. The Morgan fingerprint density at radius 3 is 2.72 bits per heavy atom. The minimum absolute atomic E-state index is 0.0362. The molecule has 18 heavy (non-hydrogen) atoms. The number of alkyl halides is 3. The first-order valence-electron chi connectivity index (χ1n) is 4.86. The second-order valence-electron chi connectivity index (χ2n) is 3.31. The summed E-state index contributed by atoms with van der Waals surface area (Å²) < 4.78 is 30.0. The molecule has 7 heteroatoms. The van der Waals surface area contributed by atoms with E-state index in [-0.39, 0.29) is 29.0 Å². The lowest BCUT2D eigenvalue weighted by molar-refractivity contribution is -0.139. The van der Waals surface area contributed by atoms with Crippen LogP contribution in [-0.2, 0) is 21.8 Å². The molecule has 0 N–H and O–H groups in total. The van der Waals surface area contributed by atoms with Gasteiger partial charge in [-0.25, -0.2) is 8.78 Å². The molecule has 0 aromatic carbocycles. The highest BCUT2D eigenvalue weighted by atomic mass is 35.5. The van der Waals surface area contributed by atoms with Crippen LogP contribution in [0.3, 0.4) is 0 Å². The van der Waals surface area contributed by atoms with Gasteiger partial charge in [0.25, 0.3) is 6.43 Å². The standard InChI is InChI=1S/C11H9ClF2N2O2/c1-18-9(17)2-7-8(3-12)6(4-15)5-16-10(7)11(13)14/h5,11H,2-3H2,1H3. The van der Waals surface area contributed by atoms with E-state index < -0.39 is 18.1 Å². The number of rotatable bonds is 4. The summed E-state index contributed by atoms with van der Waals surface area (Å²) in [7, 11) is 1.15. The van der Waals surface area contributed by atoms with Crippen molar-refractivity contribution in [1.82, 2.24) is 4.98 Å². The van der Waals surface area contributed by atoms with E-state index in [0.717, 1.165) is 13.3 Å². The summed E-state index contributed by atoms with van der Waals surface area (Å²) >= 11 is 5.64. The molecule has 0 aliphatic rings. The van der Waals surface area contributed by atoms with Crippen LogP contribution in [0.1, 0.15) is 28.8 Å². The summed E-state index contributed by atoms with van der Waals surface area (Å²) in [4.78, 5) is 14.7. The number of methoxy groups -OCH3 is 1. The second-order valence-corrected chi connectivity index (χ2v) is 3.58. The van der Waals surface area contributed by atoms with Crippen LogP contribution in [0.2, 0.25) is 0 Å². The van der Waals surface area contributed by atoms with Crippen molar-refractivity contribution in [3.63, 3.8) is 0 Å². The Bertz CT molecular complexity index is 501. The molecule has 1 aromatic heterocycles. The Morgan fingerprint density at radius 2 is 2.28 bits per heavy atom. The zero-order valence-electron chi connectivity index (χ0n) is 9.41. The van der Waals surface area contributed by atoms with E-state index in [1.807, 2.05) is 0 Å². The normalized spacial score (nSPS) is 10.2. The van der Waals surface area contributed by atoms with E-state index in [1.54, 1.807) is 6.07 Å². The lowest BCUT2D eigenvalue weighted by atomic mass is 10.0. The molecule has 0 spiro atoms. The van der Waals surface area contributed by atoms with Gasteiger partial charge in [-0.1, -0.05) is 0 Å². The number of esters is 1. The number of nitrogens with zero attached hydrogens (tertiary/aromatic N) is 2. The summed E-state index contributed by atoms with van der Waals surface area (Å²) in [6.45, 7) is 0. The number of halogens is 3. The maximum Gasteiger partial charge on any atom is 0.310 e. The van der Waals surface area contributed by atoms with Crippen molar-refractivity contribution < 1.29 is 18.3 Å². The Balaban J connectivity index is 3.39. The topological polar surface area (TPSA) is 63.0 Å². The molecule has 1 heterocycles. The molecule has 0 bridgehead atoms. The highest BCUT2D eigenvalue weighted by Crippen LogP contribution is 2.27. The molecular formula is C11H9ClF2N2O2. The van der Waals surface area contributed by atoms with Gasteiger partial charge in [-0.05, 0) is 11.1 Å². The lowest BCUT2D eigenvalue weighted by Crippen LogP contribution is -2.12. The van der Waals surface area contributed by atoms with Gasteiger partial charge in [-0.3, -0.25) is 9.78 Å². The second kappa shape index (κ2) is 6.26. The molecular weight excluding hydrogens is 266 g/mol. The predicted octanol–water partition coefficient (Wildman–Crippen LogP) is 2.35. The number of carbonyl (C=O) groups is 1. The first kappa shape index (κ1) is 14.3. The average Bonchev–Trinajstić information content (AvgIpc) is 2.37. The van der Waals surface area contributed by atoms with E-state index in [2.05, 4.69) is 9.72 Å². The molecule has 0 atom stereocenters. The molecule has 0 aliphatic heterocycles. The summed E-state index contributed by atoms with van der Waals surface area (Å²) in [6.07, 6.45) is -2.21. The van der Waals surface area contributed by atoms with Crippen molar-refractivity contribution in [3.05, 3.63) is 28.6 Å². The third kappa shape index (κ3) is 2.93. The zero-order chi connectivity index (χ0) is 13.7. The SMILES string of the molecule is COC(=O)Cc1c(C(F)F)ncc(C#N)c1CCl. The van der Waals surface area contributed by atoms with E-state index in [0.29, 0.717) is 0 Å². The molecule has 96 valence electrons. The smallest absolute Gasteiger partial charge is 0.310 e. The van der Waals surface area contributed by atoms with E-state index in [1.165, 1.54) is 0 Å². The van der Waals surface area contributed by atoms with Crippen molar-refractivity contribution in [2.75, 3.05) is 7.11 Å². The number of hydrogen-bond donors (Lipinski definition) is 0. The predicted molar refractivity (Wildman–Crippen MR) is 59.2 cm³/mol. The van der Waals surface area contributed by atoms with Crippen molar-refractivity contribution in [2.45, 2.75) is 18.7 Å². The first-order valence-corrected chi connectivity index (χ1v) is 5.40. The van der Waals surface area contributed by atoms with Gasteiger partial charge < -0.3 is 4.74 Å². The summed E-state index contributed by atoms with van der Waals surface area (Å²) in [5, 5.41) is 8.84. The molecule has 0 saturated carbocycles. The summed E-state index contributed by atoms with van der Waals surface area (Å²) in [5.74, 6) is -0.850. The van der Waals surface area contributed by atoms with E-state index in [4.69, 9.17) is 16.9 Å². The molecule has 0 aliphatic carbocycles. The number of carbonyl (C=O) groups excluding carboxylic acids is 1. The van der Waals surface area contributed by atoms with Crippen molar-refractivity contribution in [3.8, 4) is 6.07 Å². The number of ether oxygens (including phenoxy) is 1. The fraction of sp³-hybridized carbons (Fsp3) is 0.364. The number of pyridine rings is 1. The van der Waals surface area contributed by atoms with Gasteiger partial charge in [0.15, 0.2) is 0 Å². The molecule has 0 saturated heterocycles. The highest BCUT2D eigenvalue weighted by Gasteiger charge is 2.22. The first-order chi connectivity index (χ1) is 8.54. The minimum atomic E-state index is -2.85. The van der Waals surface area contributed by atoms with E-state index in [9.17, 15) is 13.6 Å². The lowest BCUT2D eigenvalue weighted by Gasteiger charge is -2.12. The Morgan fingerprint density at radius 1 is 1.61 bits per heavy atom. The summed E-state index contributed by atoms with van der Waals surface area (Å²) in [5.41, 5.74) is -0.316. The summed E-state index contributed by atoms with van der Waals surface area (Å²) in [6, 6.07) is 1.80. The molecule has 1 rings (SSSR count). The largest absolute Gasteiger partial charge is 0.469 e. The molecule has 0 amide bonds. The minimum Gasteiger partial charge on any atom is -0.469 e. The van der Waals surface area contributed by atoms with Crippen LogP contribution >= 0.6 is 11.6 Å². The molecule has 0 radical (unpaired) electrons. The van der Waals surface area contributed by atoms with Crippen LogP contribution < -0.4 is 0 Å². The average molecular weight is 275 g/mol. The Hall–Kier alpha value is -1.74. The molecule has 1 aromatic rings. The van der Waals surface area contributed by atoms with Crippen LogP contribution in [-0.4, -0.2) is 18.1 Å². The van der Waals surface area contributed by atoms with Gasteiger partial charge in [0.05, 0.1) is 19.1 Å². The quantitative estimate of drug-likeness (QED) is 0.624. The van der Waals surface area contributed by atoms with Crippen molar-refractivity contribution in [1.29, 1.82) is 5.26 Å². The highest BCUT2D eigenvalue weighted by molar-refractivity contribution is 6.17. The van der Waals surface area contributed by atoms with Gasteiger partial charge >= 0.3 is 5.97 Å². The molecule has 4 nitrogen and oxygen atoms in total. The number of aromatic nitrogens is 1. The zero-order valence-corrected chi connectivity index (χ0v) is 10.2. The van der Waals surface area contributed by atoms with Crippen molar-refractivity contribution in [2.24, 2.45) is 0 Å². The van der Waals surface area contributed by atoms with Gasteiger partial charge in [-0.2, -0.15) is 5.26 Å². The Kier molecular flexibility index (Phi) is 4.98. The fourth-order valence-electron chi connectivity index (χ4n) is 1.46. The monoisotopic (exact) mass is 274 g/mol. The maximum absolute atomic E-state index is 12.8. The van der Waals surface area contributed by atoms with Gasteiger partial charge in [0.2, 0.25) is 0 Å².